The van der Waals surface area contributed by atoms with E-state index < -0.39 is 0 Å². The first-order valence-corrected chi connectivity index (χ1v) is 8.06. The van der Waals surface area contributed by atoms with E-state index in [0.29, 0.717) is 5.54 Å². The summed E-state index contributed by atoms with van der Waals surface area (Å²) in [6.07, 6.45) is 9.58. The highest BCUT2D eigenvalue weighted by atomic mass is 15.0. The predicted octanol–water partition coefficient (Wildman–Crippen LogP) is 4.92. The summed E-state index contributed by atoms with van der Waals surface area (Å²) in [6, 6.07) is 10.8. The molecule has 1 aliphatic rings. The van der Waals surface area contributed by atoms with Crippen LogP contribution in [0.15, 0.2) is 30.3 Å². The van der Waals surface area contributed by atoms with Crippen molar-refractivity contribution in [1.29, 1.82) is 0 Å². The van der Waals surface area contributed by atoms with Gasteiger partial charge in [-0.05, 0) is 30.7 Å². The first kappa shape index (κ1) is 14.6. The van der Waals surface area contributed by atoms with Gasteiger partial charge in [0.25, 0.3) is 0 Å². The molecule has 1 saturated carbocycles. The van der Waals surface area contributed by atoms with Gasteiger partial charge in [0.05, 0.1) is 0 Å². The van der Waals surface area contributed by atoms with Crippen LogP contribution in [0.1, 0.15) is 64.4 Å². The lowest BCUT2D eigenvalue weighted by Crippen LogP contribution is -2.51. The van der Waals surface area contributed by atoms with Gasteiger partial charge in [-0.25, -0.2) is 0 Å². The van der Waals surface area contributed by atoms with Gasteiger partial charge in [0.2, 0.25) is 0 Å². The quantitative estimate of drug-likeness (QED) is 0.765. The number of benzene rings is 1. The van der Waals surface area contributed by atoms with Gasteiger partial charge in [0.15, 0.2) is 0 Å². The summed E-state index contributed by atoms with van der Waals surface area (Å²) in [5.41, 5.74) is 1.81. The maximum atomic E-state index is 3.94. The van der Waals surface area contributed by atoms with Gasteiger partial charge in [-0.1, -0.05) is 69.9 Å². The van der Waals surface area contributed by atoms with Gasteiger partial charge >= 0.3 is 0 Å². The molecule has 0 heterocycles. The van der Waals surface area contributed by atoms with Gasteiger partial charge in [-0.3, -0.25) is 0 Å². The van der Waals surface area contributed by atoms with Crippen molar-refractivity contribution in [3.05, 3.63) is 35.9 Å². The molecule has 2 rings (SSSR count). The van der Waals surface area contributed by atoms with E-state index in [0.717, 1.165) is 12.5 Å². The monoisotopic (exact) mass is 259 g/mol. The maximum absolute atomic E-state index is 3.94. The molecule has 2 atom stereocenters. The number of hydrogen-bond acceptors (Lipinski definition) is 1. The zero-order chi connectivity index (χ0) is 13.6. The highest BCUT2D eigenvalue weighted by molar-refractivity contribution is 5.15. The lowest BCUT2D eigenvalue weighted by Gasteiger charge is -2.44. The topological polar surface area (TPSA) is 12.0 Å². The fourth-order valence-corrected chi connectivity index (χ4v) is 3.50. The van der Waals surface area contributed by atoms with Crippen LogP contribution in [0.5, 0.6) is 0 Å². The molecule has 1 heteroatoms. The van der Waals surface area contributed by atoms with E-state index in [1.807, 2.05) is 0 Å². The minimum atomic E-state index is 0.393. The zero-order valence-electron chi connectivity index (χ0n) is 12.6. The Balaban J connectivity index is 2.00. The van der Waals surface area contributed by atoms with Gasteiger partial charge in [-0.2, -0.15) is 0 Å². The molecule has 0 aromatic heterocycles. The summed E-state index contributed by atoms with van der Waals surface area (Å²) < 4.78 is 0. The standard InChI is InChI=1S/C18H29N/c1-3-4-13-18(14-9-8-10-16(18)2)19-15-17-11-6-5-7-12-17/h5-7,11-12,16,19H,3-4,8-10,13-15H2,1-2H3/t16-,18-/m1/s1. The van der Waals surface area contributed by atoms with Crippen molar-refractivity contribution < 1.29 is 0 Å². The van der Waals surface area contributed by atoms with Crippen molar-refractivity contribution in [3.8, 4) is 0 Å². The lowest BCUT2D eigenvalue weighted by atomic mass is 9.71. The molecular formula is C18H29N. The Morgan fingerprint density at radius 3 is 2.68 bits per heavy atom. The Bertz CT molecular complexity index is 359. The zero-order valence-corrected chi connectivity index (χ0v) is 12.6. The van der Waals surface area contributed by atoms with Crippen LogP contribution < -0.4 is 5.32 Å². The van der Waals surface area contributed by atoms with Crippen molar-refractivity contribution >= 4 is 0 Å². The summed E-state index contributed by atoms with van der Waals surface area (Å²) in [6.45, 7) is 5.78. The fraction of sp³-hybridized carbons (Fsp3) is 0.667. The summed E-state index contributed by atoms with van der Waals surface area (Å²) in [5, 5.41) is 3.94. The first-order valence-electron chi connectivity index (χ1n) is 8.06. The average Bonchev–Trinajstić information content (AvgIpc) is 2.46. The van der Waals surface area contributed by atoms with Crippen LogP contribution in [-0.4, -0.2) is 5.54 Å². The molecule has 0 bridgehead atoms. The third-order valence-electron chi connectivity index (χ3n) is 4.92. The second-order valence-corrected chi connectivity index (χ2v) is 6.25. The Labute approximate surface area is 118 Å². The van der Waals surface area contributed by atoms with Crippen LogP contribution in [0.4, 0.5) is 0 Å². The number of unbranched alkanes of at least 4 members (excludes halogenated alkanes) is 1. The van der Waals surface area contributed by atoms with Crippen LogP contribution in [0, 0.1) is 5.92 Å². The minimum Gasteiger partial charge on any atom is -0.307 e. The molecule has 1 fully saturated rings. The molecule has 106 valence electrons. The van der Waals surface area contributed by atoms with Crippen molar-refractivity contribution in [2.45, 2.75) is 70.9 Å². The molecule has 1 nitrogen and oxygen atoms in total. The minimum absolute atomic E-state index is 0.393. The molecule has 1 N–H and O–H groups in total. The highest BCUT2D eigenvalue weighted by Gasteiger charge is 2.36. The third kappa shape index (κ3) is 3.82. The molecule has 19 heavy (non-hydrogen) atoms. The van der Waals surface area contributed by atoms with Gasteiger partial charge in [0, 0.05) is 12.1 Å². The van der Waals surface area contributed by atoms with E-state index in [1.54, 1.807) is 0 Å². The third-order valence-corrected chi connectivity index (χ3v) is 4.92. The highest BCUT2D eigenvalue weighted by Crippen LogP contribution is 2.37. The number of nitrogens with one attached hydrogen (secondary N) is 1. The molecule has 1 aliphatic carbocycles. The molecule has 0 amide bonds. The van der Waals surface area contributed by atoms with Crippen molar-refractivity contribution in [1.82, 2.24) is 5.32 Å². The van der Waals surface area contributed by atoms with Crippen LogP contribution >= 0.6 is 0 Å². The average molecular weight is 259 g/mol. The molecule has 0 saturated heterocycles. The first-order chi connectivity index (χ1) is 9.27. The Morgan fingerprint density at radius 1 is 1.21 bits per heavy atom. The van der Waals surface area contributed by atoms with Crippen molar-refractivity contribution in [3.63, 3.8) is 0 Å². The predicted molar refractivity (Wildman–Crippen MR) is 83.2 cm³/mol. The summed E-state index contributed by atoms with van der Waals surface area (Å²) in [4.78, 5) is 0. The Morgan fingerprint density at radius 2 is 2.00 bits per heavy atom. The number of rotatable bonds is 6. The Kier molecular flexibility index (Phi) is 5.45. The van der Waals surface area contributed by atoms with E-state index in [9.17, 15) is 0 Å². The van der Waals surface area contributed by atoms with Crippen LogP contribution in [0.25, 0.3) is 0 Å². The van der Waals surface area contributed by atoms with Crippen LogP contribution in [0.2, 0.25) is 0 Å². The lowest BCUT2D eigenvalue weighted by molar-refractivity contribution is 0.137. The van der Waals surface area contributed by atoms with E-state index >= 15 is 0 Å². The second kappa shape index (κ2) is 7.09. The number of hydrogen-bond donors (Lipinski definition) is 1. The summed E-state index contributed by atoms with van der Waals surface area (Å²) in [5.74, 6) is 0.816. The van der Waals surface area contributed by atoms with E-state index in [-0.39, 0.29) is 0 Å². The van der Waals surface area contributed by atoms with Crippen molar-refractivity contribution in [2.24, 2.45) is 5.92 Å². The molecule has 0 spiro atoms. The van der Waals surface area contributed by atoms with Crippen molar-refractivity contribution in [2.75, 3.05) is 0 Å². The fourth-order valence-electron chi connectivity index (χ4n) is 3.50. The smallest absolute Gasteiger partial charge is 0.0210 e. The van der Waals surface area contributed by atoms with Gasteiger partial charge < -0.3 is 5.32 Å². The van der Waals surface area contributed by atoms with E-state index in [2.05, 4.69) is 49.5 Å². The summed E-state index contributed by atoms with van der Waals surface area (Å²) in [7, 11) is 0. The molecule has 1 aromatic carbocycles. The SMILES string of the molecule is CCCC[C@@]1(NCc2ccccc2)CCCC[C@H]1C. The van der Waals surface area contributed by atoms with Crippen LogP contribution in [0.3, 0.4) is 0 Å². The van der Waals surface area contributed by atoms with Gasteiger partial charge in [-0.15, -0.1) is 0 Å². The molecular weight excluding hydrogens is 230 g/mol. The normalized spacial score (nSPS) is 27.4. The summed E-state index contributed by atoms with van der Waals surface area (Å²) >= 11 is 0. The molecule has 0 aliphatic heterocycles. The largest absolute Gasteiger partial charge is 0.307 e. The van der Waals surface area contributed by atoms with E-state index in [4.69, 9.17) is 0 Å². The molecule has 1 aromatic rings. The Hall–Kier alpha value is -0.820. The second-order valence-electron chi connectivity index (χ2n) is 6.25. The maximum Gasteiger partial charge on any atom is 0.0210 e. The molecule has 0 unspecified atom stereocenters. The van der Waals surface area contributed by atoms with E-state index in [1.165, 1.54) is 50.5 Å². The van der Waals surface area contributed by atoms with Crippen LogP contribution in [-0.2, 0) is 6.54 Å². The molecule has 0 radical (unpaired) electrons. The van der Waals surface area contributed by atoms with Gasteiger partial charge in [0.1, 0.15) is 0 Å².